The summed E-state index contributed by atoms with van der Waals surface area (Å²) in [4.78, 5) is 18.3. The smallest absolute Gasteiger partial charge is 0.227 e. The maximum absolute atomic E-state index is 11.8. The Morgan fingerprint density at radius 2 is 1.82 bits per heavy atom. The van der Waals surface area contributed by atoms with Crippen molar-refractivity contribution >= 4 is 35.8 Å². The van der Waals surface area contributed by atoms with Crippen molar-refractivity contribution in [1.82, 2.24) is 15.5 Å². The van der Waals surface area contributed by atoms with E-state index in [9.17, 15) is 4.79 Å². The van der Waals surface area contributed by atoms with Crippen LogP contribution in [0.15, 0.2) is 35.3 Å². The van der Waals surface area contributed by atoms with Crippen molar-refractivity contribution in [2.75, 3.05) is 27.7 Å². The lowest BCUT2D eigenvalue weighted by atomic mass is 9.92. The van der Waals surface area contributed by atoms with Crippen molar-refractivity contribution in [2.45, 2.75) is 20.4 Å². The van der Waals surface area contributed by atoms with Crippen LogP contribution in [0.25, 0.3) is 0 Å². The molecule has 0 spiro atoms. The van der Waals surface area contributed by atoms with Crippen molar-refractivity contribution in [2.24, 2.45) is 10.4 Å². The predicted molar refractivity (Wildman–Crippen MR) is 103 cm³/mol. The average Bonchev–Trinajstić information content (AvgIpc) is 2.46. The number of benzene rings is 1. The Labute approximate surface area is 150 Å². The average molecular weight is 418 g/mol. The fourth-order valence-corrected chi connectivity index (χ4v) is 1.82. The third-order valence-electron chi connectivity index (χ3n) is 3.21. The quantitative estimate of drug-likeness (QED) is 0.438. The molecule has 1 aromatic rings. The Balaban J connectivity index is 0.00000441. The van der Waals surface area contributed by atoms with E-state index in [1.54, 1.807) is 7.05 Å². The fourth-order valence-electron chi connectivity index (χ4n) is 1.82. The molecular weight excluding hydrogens is 391 g/mol. The molecule has 1 aromatic carbocycles. The maximum Gasteiger partial charge on any atom is 0.227 e. The van der Waals surface area contributed by atoms with E-state index in [0.717, 1.165) is 11.5 Å². The van der Waals surface area contributed by atoms with Gasteiger partial charge in [0.2, 0.25) is 5.91 Å². The van der Waals surface area contributed by atoms with Crippen LogP contribution in [0.4, 0.5) is 0 Å². The summed E-state index contributed by atoms with van der Waals surface area (Å²) in [7, 11) is 5.52. The summed E-state index contributed by atoms with van der Waals surface area (Å²) in [5.74, 6) is 0.784. The highest BCUT2D eigenvalue weighted by Gasteiger charge is 2.26. The maximum atomic E-state index is 11.8. The Kier molecular flexibility index (Phi) is 9.08. The Hall–Kier alpha value is -1.31. The van der Waals surface area contributed by atoms with Crippen LogP contribution in [0.5, 0.6) is 0 Å². The van der Waals surface area contributed by atoms with Gasteiger partial charge in [0.05, 0.1) is 12.0 Å². The second kappa shape index (κ2) is 9.66. The summed E-state index contributed by atoms with van der Waals surface area (Å²) in [5.41, 5.74) is 0.669. The number of guanidine groups is 1. The highest BCUT2D eigenvalue weighted by Crippen LogP contribution is 2.13. The zero-order valence-corrected chi connectivity index (χ0v) is 16.3. The molecule has 2 N–H and O–H groups in total. The molecular formula is C16H27IN4O. The third kappa shape index (κ3) is 6.64. The third-order valence-corrected chi connectivity index (χ3v) is 3.21. The molecule has 0 unspecified atom stereocenters. The van der Waals surface area contributed by atoms with Crippen LogP contribution in [0, 0.1) is 5.41 Å². The topological polar surface area (TPSA) is 56.7 Å². The molecule has 0 bridgehead atoms. The first-order chi connectivity index (χ1) is 9.86. The lowest BCUT2D eigenvalue weighted by Crippen LogP contribution is -2.46. The van der Waals surface area contributed by atoms with Gasteiger partial charge < -0.3 is 15.5 Å². The molecule has 0 heterocycles. The number of rotatable bonds is 5. The van der Waals surface area contributed by atoms with E-state index in [1.165, 1.54) is 0 Å². The summed E-state index contributed by atoms with van der Waals surface area (Å²) >= 11 is 0. The van der Waals surface area contributed by atoms with Gasteiger partial charge >= 0.3 is 0 Å². The first-order valence-electron chi connectivity index (χ1n) is 7.08. The van der Waals surface area contributed by atoms with E-state index in [2.05, 4.69) is 15.6 Å². The predicted octanol–water partition coefficient (Wildman–Crippen LogP) is 2.08. The number of carbonyl (C=O) groups excluding carboxylic acids is 1. The molecule has 0 aromatic heterocycles. The zero-order valence-electron chi connectivity index (χ0n) is 14.0. The van der Waals surface area contributed by atoms with Gasteiger partial charge in [0.1, 0.15) is 0 Å². The highest BCUT2D eigenvalue weighted by atomic mass is 127. The van der Waals surface area contributed by atoms with Crippen molar-refractivity contribution < 1.29 is 4.79 Å². The van der Waals surface area contributed by atoms with Crippen LogP contribution in [0.3, 0.4) is 0 Å². The zero-order chi connectivity index (χ0) is 15.9. The number of halogens is 1. The molecule has 5 nitrogen and oxygen atoms in total. The second-order valence-corrected chi connectivity index (χ2v) is 5.84. The van der Waals surface area contributed by atoms with Crippen molar-refractivity contribution in [3.63, 3.8) is 0 Å². The number of carbonyl (C=O) groups is 1. The van der Waals surface area contributed by atoms with Crippen molar-refractivity contribution in [3.8, 4) is 0 Å². The van der Waals surface area contributed by atoms with Gasteiger partial charge in [-0.2, -0.15) is 0 Å². The Morgan fingerprint density at radius 3 is 2.32 bits per heavy atom. The Bertz CT molecular complexity index is 486. The monoisotopic (exact) mass is 418 g/mol. The minimum Gasteiger partial charge on any atom is -0.359 e. The first-order valence-corrected chi connectivity index (χ1v) is 7.08. The van der Waals surface area contributed by atoms with Crippen LogP contribution < -0.4 is 10.6 Å². The molecule has 0 aliphatic heterocycles. The molecule has 0 aliphatic rings. The van der Waals surface area contributed by atoms with Crippen molar-refractivity contribution in [3.05, 3.63) is 35.9 Å². The summed E-state index contributed by atoms with van der Waals surface area (Å²) in [6.45, 7) is 4.95. The number of amides is 1. The standard InChI is InChI=1S/C16H26N4O.HI/c1-16(2,14(21)17-3)12-19-15(20(4)5)18-11-13-9-7-6-8-10-13;/h6-10H,11-12H2,1-5H3,(H,17,21)(H,18,19);1H. The number of hydrogen-bond donors (Lipinski definition) is 2. The van der Waals surface area contributed by atoms with Gasteiger partial charge in [-0.15, -0.1) is 24.0 Å². The van der Waals surface area contributed by atoms with Crippen LogP contribution >= 0.6 is 24.0 Å². The molecule has 1 rings (SSSR count). The second-order valence-electron chi connectivity index (χ2n) is 5.84. The summed E-state index contributed by atoms with van der Waals surface area (Å²) in [6, 6.07) is 10.1. The number of nitrogens with zero attached hydrogens (tertiary/aromatic N) is 2. The normalized spacial score (nSPS) is 11.4. The molecule has 0 saturated heterocycles. The van der Waals surface area contributed by atoms with Gasteiger partial charge in [-0.3, -0.25) is 4.79 Å². The number of hydrogen-bond acceptors (Lipinski definition) is 2. The largest absolute Gasteiger partial charge is 0.359 e. The van der Waals surface area contributed by atoms with E-state index in [-0.39, 0.29) is 29.9 Å². The lowest BCUT2D eigenvalue weighted by Gasteiger charge is -2.26. The van der Waals surface area contributed by atoms with E-state index < -0.39 is 5.41 Å². The van der Waals surface area contributed by atoms with E-state index >= 15 is 0 Å². The van der Waals surface area contributed by atoms with Gasteiger partial charge in [0.25, 0.3) is 0 Å². The van der Waals surface area contributed by atoms with Gasteiger partial charge in [-0.1, -0.05) is 30.3 Å². The minimum atomic E-state index is -0.488. The van der Waals surface area contributed by atoms with Gasteiger partial charge in [-0.05, 0) is 19.4 Å². The summed E-state index contributed by atoms with van der Waals surface area (Å²) in [6.07, 6.45) is 0. The molecule has 1 amide bonds. The molecule has 124 valence electrons. The molecule has 0 aliphatic carbocycles. The highest BCUT2D eigenvalue weighted by molar-refractivity contribution is 14.0. The van der Waals surface area contributed by atoms with Gasteiger partial charge in [0.15, 0.2) is 5.96 Å². The molecule has 0 fully saturated rings. The van der Waals surface area contributed by atoms with E-state index in [1.807, 2.05) is 63.2 Å². The number of aliphatic imine (C=N–C) groups is 1. The SMILES string of the molecule is CNC(=O)C(C)(C)CNC(=NCc1ccccc1)N(C)C.I. The molecule has 0 radical (unpaired) electrons. The van der Waals surface area contributed by atoms with Gasteiger partial charge in [-0.25, -0.2) is 4.99 Å². The first kappa shape index (κ1) is 20.7. The lowest BCUT2D eigenvalue weighted by molar-refractivity contribution is -0.128. The molecule has 0 atom stereocenters. The van der Waals surface area contributed by atoms with Crippen LogP contribution in [0.1, 0.15) is 19.4 Å². The van der Waals surface area contributed by atoms with Crippen LogP contribution in [0.2, 0.25) is 0 Å². The minimum absolute atomic E-state index is 0. The van der Waals surface area contributed by atoms with E-state index in [4.69, 9.17) is 0 Å². The molecule has 6 heteroatoms. The molecule has 0 saturated carbocycles. The van der Waals surface area contributed by atoms with Crippen molar-refractivity contribution in [1.29, 1.82) is 0 Å². The fraction of sp³-hybridized carbons (Fsp3) is 0.500. The summed E-state index contributed by atoms with van der Waals surface area (Å²) < 4.78 is 0. The van der Waals surface area contributed by atoms with Gasteiger partial charge in [0, 0.05) is 27.7 Å². The summed E-state index contributed by atoms with van der Waals surface area (Å²) in [5, 5.41) is 5.94. The van der Waals surface area contributed by atoms with E-state index in [0.29, 0.717) is 13.1 Å². The Morgan fingerprint density at radius 1 is 1.23 bits per heavy atom. The number of nitrogens with one attached hydrogen (secondary N) is 2. The van der Waals surface area contributed by atoms with Crippen LogP contribution in [-0.4, -0.2) is 44.5 Å². The van der Waals surface area contributed by atoms with Crippen LogP contribution in [-0.2, 0) is 11.3 Å². The molecule has 22 heavy (non-hydrogen) atoms.